The lowest BCUT2D eigenvalue weighted by atomic mass is 10.1. The van der Waals surface area contributed by atoms with Gasteiger partial charge in [0.25, 0.3) is 10.0 Å². The highest BCUT2D eigenvalue weighted by Gasteiger charge is 2.34. The van der Waals surface area contributed by atoms with Crippen LogP contribution in [0, 0.1) is 6.92 Å². The SMILES string of the molecule is CCC(C)NC(=O)C(CC)N(Cc1ccc(Cl)cc1Cl)C(=O)CN(c1ccc(OC)c(OC)c1)S(=O)(=O)c1ccc(C)cc1. The van der Waals surface area contributed by atoms with Crippen LogP contribution in [0.3, 0.4) is 0 Å². The van der Waals surface area contributed by atoms with E-state index < -0.39 is 28.5 Å². The standard InChI is InChI=1S/C32H39Cl2N3O6S/c1-7-22(4)35-32(39)28(8-2)36(19-23-11-12-24(33)17-27(23)34)31(38)20-37(25-13-16-29(42-5)30(18-25)43-6)44(40,41)26-14-9-21(3)10-15-26/h9-18,22,28H,7-8,19-20H2,1-6H3,(H,35,39). The number of halogens is 2. The highest BCUT2D eigenvalue weighted by molar-refractivity contribution is 7.92. The van der Waals surface area contributed by atoms with Crippen molar-refractivity contribution in [1.29, 1.82) is 0 Å². The fraction of sp³-hybridized carbons (Fsp3) is 0.375. The van der Waals surface area contributed by atoms with Gasteiger partial charge in [-0.25, -0.2) is 8.42 Å². The Labute approximate surface area is 270 Å². The van der Waals surface area contributed by atoms with Crippen LogP contribution >= 0.6 is 23.2 Å². The summed E-state index contributed by atoms with van der Waals surface area (Å²) in [6.07, 6.45) is 0.974. The molecule has 0 aliphatic carbocycles. The van der Waals surface area contributed by atoms with Gasteiger partial charge in [0.1, 0.15) is 12.6 Å². The molecule has 0 aliphatic heterocycles. The first-order valence-corrected chi connectivity index (χ1v) is 16.4. The third-order valence-electron chi connectivity index (χ3n) is 7.29. The molecule has 0 radical (unpaired) electrons. The van der Waals surface area contributed by atoms with E-state index in [0.717, 1.165) is 9.87 Å². The second-order valence-electron chi connectivity index (χ2n) is 10.4. The first-order valence-electron chi connectivity index (χ1n) is 14.2. The summed E-state index contributed by atoms with van der Waals surface area (Å²) in [6, 6.07) is 14.8. The molecule has 1 N–H and O–H groups in total. The summed E-state index contributed by atoms with van der Waals surface area (Å²) < 4.78 is 40.0. The molecule has 0 heterocycles. The van der Waals surface area contributed by atoms with E-state index in [1.165, 1.54) is 43.4 Å². The third-order valence-corrected chi connectivity index (χ3v) is 9.66. The number of carbonyl (C=O) groups excluding carboxylic acids is 2. The Kier molecular flexibility index (Phi) is 12.3. The van der Waals surface area contributed by atoms with Gasteiger partial charge in [0, 0.05) is 28.7 Å². The zero-order valence-electron chi connectivity index (χ0n) is 25.8. The van der Waals surface area contributed by atoms with Crippen LogP contribution in [0.4, 0.5) is 5.69 Å². The zero-order valence-corrected chi connectivity index (χ0v) is 28.1. The molecule has 0 aromatic heterocycles. The lowest BCUT2D eigenvalue weighted by Crippen LogP contribution is -2.53. The smallest absolute Gasteiger partial charge is 0.264 e. The van der Waals surface area contributed by atoms with Crippen molar-refractivity contribution in [2.24, 2.45) is 0 Å². The molecule has 0 saturated carbocycles. The minimum absolute atomic E-state index is 0.000430. The van der Waals surface area contributed by atoms with E-state index in [0.29, 0.717) is 27.8 Å². The van der Waals surface area contributed by atoms with Crippen LogP contribution in [0.5, 0.6) is 11.5 Å². The quantitative estimate of drug-likeness (QED) is 0.219. The van der Waals surface area contributed by atoms with Gasteiger partial charge in [-0.05, 0) is 68.7 Å². The topological polar surface area (TPSA) is 105 Å². The van der Waals surface area contributed by atoms with Crippen LogP contribution in [0.25, 0.3) is 0 Å². The summed E-state index contributed by atoms with van der Waals surface area (Å²) >= 11 is 12.6. The Morgan fingerprint density at radius 2 is 1.57 bits per heavy atom. The number of nitrogens with zero attached hydrogens (tertiary/aromatic N) is 2. The summed E-state index contributed by atoms with van der Waals surface area (Å²) in [7, 11) is -1.36. The van der Waals surface area contributed by atoms with E-state index in [1.807, 2.05) is 20.8 Å². The second-order valence-corrected chi connectivity index (χ2v) is 13.1. The lowest BCUT2D eigenvalue weighted by molar-refractivity contribution is -0.140. The highest BCUT2D eigenvalue weighted by Crippen LogP contribution is 2.34. The molecule has 2 unspecified atom stereocenters. The summed E-state index contributed by atoms with van der Waals surface area (Å²) in [6.45, 7) is 6.80. The molecule has 3 aromatic carbocycles. The Bertz CT molecular complexity index is 1570. The van der Waals surface area contributed by atoms with Crippen LogP contribution < -0.4 is 19.1 Å². The Morgan fingerprint density at radius 3 is 2.14 bits per heavy atom. The number of ether oxygens (including phenoxy) is 2. The second kappa shape index (κ2) is 15.5. The molecule has 0 fully saturated rings. The molecule has 44 heavy (non-hydrogen) atoms. The van der Waals surface area contributed by atoms with Gasteiger partial charge in [-0.1, -0.05) is 60.8 Å². The van der Waals surface area contributed by atoms with E-state index in [1.54, 1.807) is 43.3 Å². The Hall–Kier alpha value is -3.47. The number of methoxy groups -OCH3 is 2. The van der Waals surface area contributed by atoms with E-state index in [9.17, 15) is 18.0 Å². The number of hydrogen-bond acceptors (Lipinski definition) is 6. The van der Waals surface area contributed by atoms with Crippen molar-refractivity contribution in [2.75, 3.05) is 25.1 Å². The zero-order chi connectivity index (χ0) is 32.6. The minimum Gasteiger partial charge on any atom is -0.493 e. The van der Waals surface area contributed by atoms with Gasteiger partial charge in [-0.2, -0.15) is 0 Å². The molecule has 9 nitrogen and oxygen atoms in total. The molecule has 3 aromatic rings. The van der Waals surface area contributed by atoms with Crippen molar-refractivity contribution in [3.05, 3.63) is 81.8 Å². The van der Waals surface area contributed by atoms with Crippen molar-refractivity contribution in [3.8, 4) is 11.5 Å². The van der Waals surface area contributed by atoms with Crippen molar-refractivity contribution in [3.63, 3.8) is 0 Å². The lowest BCUT2D eigenvalue weighted by Gasteiger charge is -2.34. The number of amides is 2. The fourth-order valence-corrected chi connectivity index (χ4v) is 6.41. The Balaban J connectivity index is 2.14. The molecule has 3 rings (SSSR count). The van der Waals surface area contributed by atoms with Gasteiger partial charge in [0.05, 0.1) is 24.8 Å². The predicted octanol–water partition coefficient (Wildman–Crippen LogP) is 6.24. The normalized spacial score (nSPS) is 12.6. The number of carbonyl (C=O) groups is 2. The average Bonchev–Trinajstić information content (AvgIpc) is 3.00. The van der Waals surface area contributed by atoms with Gasteiger partial charge < -0.3 is 19.7 Å². The molecule has 0 spiro atoms. The third kappa shape index (κ3) is 8.37. The molecule has 12 heteroatoms. The van der Waals surface area contributed by atoms with Gasteiger partial charge in [-0.3, -0.25) is 13.9 Å². The van der Waals surface area contributed by atoms with Crippen LogP contribution in [-0.2, 0) is 26.2 Å². The molecular weight excluding hydrogens is 625 g/mol. The number of rotatable bonds is 14. The summed E-state index contributed by atoms with van der Waals surface area (Å²) in [5, 5.41) is 3.69. The predicted molar refractivity (Wildman–Crippen MR) is 174 cm³/mol. The maximum Gasteiger partial charge on any atom is 0.264 e. The molecule has 0 aliphatic rings. The molecule has 2 atom stereocenters. The van der Waals surface area contributed by atoms with Crippen LogP contribution in [-0.4, -0.2) is 58.0 Å². The summed E-state index contributed by atoms with van der Waals surface area (Å²) in [4.78, 5) is 29.1. The van der Waals surface area contributed by atoms with Crippen molar-refractivity contribution in [1.82, 2.24) is 10.2 Å². The van der Waals surface area contributed by atoms with Gasteiger partial charge in [0.15, 0.2) is 11.5 Å². The van der Waals surface area contributed by atoms with E-state index in [4.69, 9.17) is 32.7 Å². The largest absolute Gasteiger partial charge is 0.493 e. The fourth-order valence-electron chi connectivity index (χ4n) is 4.54. The van der Waals surface area contributed by atoms with Gasteiger partial charge in [0.2, 0.25) is 11.8 Å². The number of hydrogen-bond donors (Lipinski definition) is 1. The maximum atomic E-state index is 14.3. The number of sulfonamides is 1. The number of anilines is 1. The summed E-state index contributed by atoms with van der Waals surface area (Å²) in [5.41, 5.74) is 1.61. The van der Waals surface area contributed by atoms with E-state index in [2.05, 4.69) is 5.32 Å². The van der Waals surface area contributed by atoms with Crippen molar-refractivity contribution in [2.45, 2.75) is 64.1 Å². The van der Waals surface area contributed by atoms with Crippen LogP contribution in [0.15, 0.2) is 65.6 Å². The monoisotopic (exact) mass is 663 g/mol. The first-order chi connectivity index (χ1) is 20.9. The Morgan fingerprint density at radius 1 is 0.909 bits per heavy atom. The van der Waals surface area contributed by atoms with Crippen LogP contribution in [0.2, 0.25) is 10.0 Å². The highest BCUT2D eigenvalue weighted by atomic mass is 35.5. The molecular formula is C32H39Cl2N3O6S. The number of aryl methyl sites for hydroxylation is 1. The summed E-state index contributed by atoms with van der Waals surface area (Å²) in [5.74, 6) is -0.278. The average molecular weight is 665 g/mol. The van der Waals surface area contributed by atoms with E-state index in [-0.39, 0.29) is 41.2 Å². The van der Waals surface area contributed by atoms with Gasteiger partial charge in [-0.15, -0.1) is 0 Å². The maximum absolute atomic E-state index is 14.3. The van der Waals surface area contributed by atoms with Crippen LogP contribution in [0.1, 0.15) is 44.7 Å². The first kappa shape index (κ1) is 35.0. The van der Waals surface area contributed by atoms with Crippen molar-refractivity contribution >= 4 is 50.7 Å². The van der Waals surface area contributed by atoms with E-state index >= 15 is 0 Å². The van der Waals surface area contributed by atoms with Crippen molar-refractivity contribution < 1.29 is 27.5 Å². The number of benzene rings is 3. The number of nitrogens with one attached hydrogen (secondary N) is 1. The molecule has 0 bridgehead atoms. The molecule has 2 amide bonds. The molecule has 238 valence electrons. The minimum atomic E-state index is -4.26. The molecule has 0 saturated heterocycles. The van der Waals surface area contributed by atoms with Gasteiger partial charge >= 0.3 is 0 Å².